The maximum atomic E-state index is 11.2. The summed E-state index contributed by atoms with van der Waals surface area (Å²) in [4.78, 5) is 42.8. The van der Waals surface area contributed by atoms with Crippen LogP contribution in [-0.2, 0) is 88.1 Å². The van der Waals surface area contributed by atoms with Crippen molar-refractivity contribution < 1.29 is 108 Å². The minimum atomic E-state index is -0.778. The third kappa shape index (κ3) is 65.8. The summed E-state index contributed by atoms with van der Waals surface area (Å²) in [6, 6.07) is 0. The molecule has 0 aromatic carbocycles. The normalized spacial score (nSPS) is 9.10. The Labute approximate surface area is 283 Å². The fourth-order valence-corrected chi connectivity index (χ4v) is 2.17. The second-order valence-corrected chi connectivity index (χ2v) is 9.27. The molecule has 2 amide bonds. The van der Waals surface area contributed by atoms with E-state index in [4.69, 9.17) is 28.2 Å². The zero-order valence-electron chi connectivity index (χ0n) is 24.8. The molecule has 251 valence electrons. The molecule has 4 N–H and O–H groups in total. The molecule has 0 aromatic rings. The molecule has 0 bridgehead atoms. The first kappa shape index (κ1) is 55.0. The van der Waals surface area contributed by atoms with E-state index in [1.807, 2.05) is 13.8 Å². The average molecular weight is 859 g/mol. The number of carboxylic acid groups (broad SMARTS) is 2. The topological polar surface area (TPSA) is 192 Å². The Morgan fingerprint density at radius 3 is 1.10 bits per heavy atom. The van der Waals surface area contributed by atoms with Gasteiger partial charge in [-0.3, -0.25) is 9.59 Å². The number of carboxylic acids is 2. The van der Waals surface area contributed by atoms with E-state index < -0.39 is 35.3 Å². The Balaban J connectivity index is -0.0000000877. The molecule has 0 saturated carbocycles. The summed E-state index contributed by atoms with van der Waals surface area (Å²) in [6.07, 6.45) is 3.94. The molecule has 0 aromatic heterocycles. The number of amides is 2. The van der Waals surface area contributed by atoms with Crippen molar-refractivity contribution in [2.45, 2.75) is 118 Å². The monoisotopic (exact) mass is 856 g/mol. The Bertz CT molecular complexity index is 590. The fourth-order valence-electron chi connectivity index (χ4n) is 2.17. The van der Waals surface area contributed by atoms with E-state index in [0.29, 0.717) is 25.9 Å². The molecule has 0 aliphatic carbocycles. The molecule has 12 nitrogen and oxygen atoms in total. The zero-order chi connectivity index (χ0) is 31.2. The molecule has 0 aliphatic rings. The summed E-state index contributed by atoms with van der Waals surface area (Å²) in [6.45, 7) is 19.4. The number of ether oxygens (including phenoxy) is 2. The van der Waals surface area contributed by atoms with Gasteiger partial charge in [-0.2, -0.15) is 0 Å². The predicted octanol–water partition coefficient (Wildman–Crippen LogP) is 5.35. The molecule has 0 fully saturated rings. The average Bonchev–Trinajstić information content (AvgIpc) is 2.80. The van der Waals surface area contributed by atoms with Gasteiger partial charge < -0.3 is 30.3 Å². The molecule has 40 heavy (non-hydrogen) atoms. The van der Waals surface area contributed by atoms with Crippen molar-refractivity contribution in [2.24, 2.45) is 0 Å². The van der Waals surface area contributed by atoms with Crippen molar-refractivity contribution in [3.63, 3.8) is 0 Å². The minimum absolute atomic E-state index is 0. The van der Waals surface area contributed by atoms with Crippen molar-refractivity contribution in [1.82, 2.24) is 10.6 Å². The number of aliphatic carboxylic acids is 2. The van der Waals surface area contributed by atoms with Gasteiger partial charge in [0.25, 0.3) is 0 Å². The number of nitrogens with one attached hydrogen (secondary N) is 2. The van der Waals surface area contributed by atoms with E-state index in [-0.39, 0.29) is 57.6 Å². The predicted molar refractivity (Wildman–Crippen MR) is 139 cm³/mol. The third-order valence-electron chi connectivity index (χ3n) is 3.47. The van der Waals surface area contributed by atoms with Crippen LogP contribution in [0.3, 0.4) is 0 Å². The van der Waals surface area contributed by atoms with Crippen LogP contribution in [0.15, 0.2) is 0 Å². The second-order valence-electron chi connectivity index (χ2n) is 9.27. The number of carbonyl (C=O) groups excluding carboxylic acids is 2. The molecule has 0 rings (SSSR count). The fraction of sp³-hybridized carbons (Fsp3) is 0.800. The summed E-state index contributed by atoms with van der Waals surface area (Å²) in [5.41, 5.74) is -0.958. The van der Waals surface area contributed by atoms with Crippen LogP contribution in [0.25, 0.3) is 0 Å². The number of unbranched alkanes of at least 4 members (excludes halogenated alkanes) is 4. The van der Waals surface area contributed by atoms with Crippen molar-refractivity contribution in [3.8, 4) is 6.57 Å². The van der Waals surface area contributed by atoms with Crippen LogP contribution >= 0.6 is 0 Å². The summed E-state index contributed by atoms with van der Waals surface area (Å²) in [5, 5.41) is 28.5. The van der Waals surface area contributed by atoms with Crippen LogP contribution in [0, 0.1) is 11.8 Å². The number of rotatable bonds is 12. The van der Waals surface area contributed by atoms with Gasteiger partial charge in [-0.25, -0.2) is 14.9 Å². The van der Waals surface area contributed by atoms with Crippen molar-refractivity contribution in [2.75, 3.05) is 13.1 Å². The van der Waals surface area contributed by atoms with Gasteiger partial charge >= 0.3 is 48.4 Å². The molecular weight excluding hydrogens is 810 g/mol. The first-order chi connectivity index (χ1) is 17.6. The van der Waals surface area contributed by atoms with Crippen molar-refractivity contribution >= 4 is 24.1 Å². The number of nitriles is 1. The van der Waals surface area contributed by atoms with Crippen LogP contribution in [0.2, 0.25) is 0 Å². The van der Waals surface area contributed by atoms with Gasteiger partial charge in [0.1, 0.15) is 11.2 Å². The second kappa shape index (κ2) is 38.0. The molecule has 0 aliphatic heterocycles. The molecule has 0 heterocycles. The Morgan fingerprint density at radius 2 is 0.900 bits per heavy atom. The standard InChI is InChI=1S/2C11H21NO4.C2H6.CHN.3Ag.O/c2*1-11(2,3)16-10(15)12-8-6-4-5-7-9(13)14;2*1-2;;;;/h2*4-8H2,1-3H3,(H,12,15)(H,13,14);1-2H3;1H;;;;. The SMILES string of the molecule is C#N.CC.CC(C)(C)OC(=O)NCCCCCC(=O)O.CC(C)(C)OC(=O)NCCCCCC(=O)O.[Ag].[Ag].[O]=[Ag]. The van der Waals surface area contributed by atoms with E-state index in [1.54, 1.807) is 62.6 Å². The van der Waals surface area contributed by atoms with Gasteiger partial charge in [0.15, 0.2) is 0 Å². The van der Waals surface area contributed by atoms with Gasteiger partial charge in [-0.15, -0.1) is 0 Å². The Kier molecular flexibility index (Phi) is 52.2. The van der Waals surface area contributed by atoms with Crippen LogP contribution in [0.4, 0.5) is 9.59 Å². The molecule has 0 unspecified atom stereocenters. The van der Waals surface area contributed by atoms with Crippen molar-refractivity contribution in [3.05, 3.63) is 0 Å². The molecule has 0 saturated heterocycles. The maximum absolute atomic E-state index is 11.2. The van der Waals surface area contributed by atoms with E-state index in [2.05, 4.69) is 17.2 Å². The van der Waals surface area contributed by atoms with Gasteiger partial charge in [0.05, 0.1) is 0 Å². The van der Waals surface area contributed by atoms with Crippen LogP contribution in [0.5, 0.6) is 0 Å². The molecule has 15 heteroatoms. The first-order valence-corrected chi connectivity index (χ1v) is 13.0. The van der Waals surface area contributed by atoms with Gasteiger partial charge in [-0.1, -0.05) is 26.7 Å². The number of nitrogens with zero attached hydrogens (tertiary/aromatic N) is 1. The molecule has 2 radical (unpaired) electrons. The quantitative estimate of drug-likeness (QED) is 0.147. The van der Waals surface area contributed by atoms with E-state index in [0.717, 1.165) is 25.7 Å². The number of carbonyl (C=O) groups is 4. The number of hydrogen-bond donors (Lipinski definition) is 4. The Morgan fingerprint density at radius 1 is 0.650 bits per heavy atom. The van der Waals surface area contributed by atoms with Crippen LogP contribution in [-0.4, -0.2) is 58.6 Å². The van der Waals surface area contributed by atoms with Gasteiger partial charge in [0.2, 0.25) is 0 Å². The third-order valence-corrected chi connectivity index (χ3v) is 3.47. The van der Waals surface area contributed by atoms with Crippen LogP contribution in [0.1, 0.15) is 107 Å². The van der Waals surface area contributed by atoms with E-state index in [9.17, 15) is 19.2 Å². The summed E-state index contributed by atoms with van der Waals surface area (Å²) in [7, 11) is 0. The Hall–Kier alpha value is -1.01. The van der Waals surface area contributed by atoms with E-state index in [1.165, 1.54) is 0 Å². The molecule has 0 atom stereocenters. The molecule has 0 spiro atoms. The number of alkyl carbamates (subject to hydrolysis) is 2. The summed E-state index contributed by atoms with van der Waals surface area (Å²) in [5.74, 6) is -1.56. The summed E-state index contributed by atoms with van der Waals surface area (Å²) >= 11 is 1.70. The van der Waals surface area contributed by atoms with E-state index >= 15 is 0 Å². The molecular formula is C25H49Ag3N3O9. The van der Waals surface area contributed by atoms with Gasteiger partial charge in [-0.05, 0) is 67.2 Å². The summed E-state index contributed by atoms with van der Waals surface area (Å²) < 4.78 is 18.1. The van der Waals surface area contributed by atoms with Crippen LogP contribution < -0.4 is 10.6 Å². The van der Waals surface area contributed by atoms with Gasteiger partial charge in [0, 0.05) is 77.3 Å². The van der Waals surface area contributed by atoms with Crippen molar-refractivity contribution in [1.29, 1.82) is 5.26 Å². The number of hydrogen-bond acceptors (Lipinski definition) is 8. The first-order valence-electron chi connectivity index (χ1n) is 12.4. The zero-order valence-corrected chi connectivity index (χ0v) is 29.2.